The molecule has 0 aliphatic heterocycles. The fourth-order valence-electron chi connectivity index (χ4n) is 1.43. The number of nitrogens with two attached hydrogens (primary N) is 1. The Labute approximate surface area is 102 Å². The summed E-state index contributed by atoms with van der Waals surface area (Å²) in [5.74, 6) is -1.78. The lowest BCUT2D eigenvalue weighted by molar-refractivity contribution is -0.158. The summed E-state index contributed by atoms with van der Waals surface area (Å²) in [5.41, 5.74) is 5.91. The Hall–Kier alpha value is -1.08. The fraction of sp³-hybridized carbons (Fsp3) is 0.500. The van der Waals surface area contributed by atoms with Crippen molar-refractivity contribution in [1.82, 2.24) is 4.90 Å². The third-order valence-corrected chi connectivity index (χ3v) is 2.55. The van der Waals surface area contributed by atoms with Crippen LogP contribution in [0.25, 0.3) is 0 Å². The third-order valence-electron chi connectivity index (χ3n) is 2.27. The molecule has 1 aromatic rings. The number of nitrogens with zero attached hydrogens (tertiary/aromatic N) is 1. The summed E-state index contributed by atoms with van der Waals surface area (Å²) in [6, 6.07) is 1.69. The molecule has 0 saturated heterocycles. The lowest BCUT2D eigenvalue weighted by atomic mass is 10.1. The van der Waals surface area contributed by atoms with Crippen LogP contribution in [0.1, 0.15) is 5.56 Å². The van der Waals surface area contributed by atoms with Crippen LogP contribution in [-0.4, -0.2) is 29.7 Å². The number of alkyl halides is 3. The Balaban J connectivity index is 2.59. The Morgan fingerprint density at radius 2 is 2.24 bits per heavy atom. The SMILES string of the molecule is CN(Cc1ccoc1)CC(C(N)=S)C(F)(F)F. The second kappa shape index (κ2) is 5.50. The highest BCUT2D eigenvalue weighted by atomic mass is 32.1. The summed E-state index contributed by atoms with van der Waals surface area (Å²) in [5, 5.41) is 0. The first-order chi connectivity index (χ1) is 7.80. The molecule has 0 saturated carbocycles. The minimum atomic E-state index is -4.41. The molecule has 0 spiro atoms. The van der Waals surface area contributed by atoms with Gasteiger partial charge < -0.3 is 15.1 Å². The van der Waals surface area contributed by atoms with Crippen LogP contribution >= 0.6 is 12.2 Å². The molecule has 0 bridgehead atoms. The van der Waals surface area contributed by atoms with Gasteiger partial charge in [0.15, 0.2) is 0 Å². The number of furan rings is 1. The molecule has 1 unspecified atom stereocenters. The smallest absolute Gasteiger partial charge is 0.399 e. The summed E-state index contributed by atoms with van der Waals surface area (Å²) in [4.78, 5) is 0.971. The maximum absolute atomic E-state index is 12.6. The molecule has 3 nitrogen and oxygen atoms in total. The molecule has 2 N–H and O–H groups in total. The summed E-state index contributed by atoms with van der Waals surface area (Å²) in [6.07, 6.45) is -1.45. The summed E-state index contributed by atoms with van der Waals surface area (Å²) in [7, 11) is 1.57. The van der Waals surface area contributed by atoms with Gasteiger partial charge in [0.2, 0.25) is 0 Å². The van der Waals surface area contributed by atoms with Gasteiger partial charge in [0.1, 0.15) is 5.92 Å². The summed E-state index contributed by atoms with van der Waals surface area (Å²) in [6.45, 7) is 0.0930. The van der Waals surface area contributed by atoms with E-state index in [1.54, 1.807) is 13.1 Å². The molecule has 1 rings (SSSR count). The van der Waals surface area contributed by atoms with E-state index in [0.29, 0.717) is 6.54 Å². The number of thiocarbonyl (C=S) groups is 1. The van der Waals surface area contributed by atoms with E-state index in [1.165, 1.54) is 17.4 Å². The standard InChI is InChI=1S/C10H13F3N2OS/c1-15(4-7-2-3-16-6-7)5-8(9(14)17)10(11,12)13/h2-3,6,8H,4-5H2,1H3,(H2,14,17). The van der Waals surface area contributed by atoms with E-state index >= 15 is 0 Å². The Morgan fingerprint density at radius 3 is 2.65 bits per heavy atom. The summed E-state index contributed by atoms with van der Waals surface area (Å²) >= 11 is 4.44. The quantitative estimate of drug-likeness (QED) is 0.829. The van der Waals surface area contributed by atoms with Crippen LogP contribution in [0.3, 0.4) is 0 Å². The first-order valence-corrected chi connectivity index (χ1v) is 5.27. The second-order valence-electron chi connectivity index (χ2n) is 3.82. The highest BCUT2D eigenvalue weighted by Gasteiger charge is 2.42. The molecule has 7 heteroatoms. The molecule has 0 aromatic carbocycles. The van der Waals surface area contributed by atoms with Crippen molar-refractivity contribution in [3.63, 3.8) is 0 Å². The van der Waals surface area contributed by atoms with E-state index in [2.05, 4.69) is 12.2 Å². The van der Waals surface area contributed by atoms with Crippen molar-refractivity contribution in [2.24, 2.45) is 11.7 Å². The molecule has 96 valence electrons. The molecular formula is C10H13F3N2OS. The van der Waals surface area contributed by atoms with Gasteiger partial charge in [-0.15, -0.1) is 0 Å². The number of hydrogen-bond acceptors (Lipinski definition) is 3. The largest absolute Gasteiger partial charge is 0.472 e. The summed E-state index contributed by atoms with van der Waals surface area (Å²) < 4.78 is 42.6. The van der Waals surface area contributed by atoms with Crippen LogP contribution in [-0.2, 0) is 6.54 Å². The zero-order chi connectivity index (χ0) is 13.1. The van der Waals surface area contributed by atoms with Gasteiger partial charge in [-0.05, 0) is 13.1 Å². The van der Waals surface area contributed by atoms with Gasteiger partial charge in [-0.25, -0.2) is 0 Å². The zero-order valence-electron chi connectivity index (χ0n) is 9.20. The van der Waals surface area contributed by atoms with Crippen molar-refractivity contribution >= 4 is 17.2 Å². The molecule has 1 atom stereocenters. The van der Waals surface area contributed by atoms with Crippen LogP contribution in [0.5, 0.6) is 0 Å². The van der Waals surface area contributed by atoms with E-state index < -0.39 is 17.1 Å². The predicted octanol–water partition coefficient (Wildman–Crippen LogP) is 2.18. The Bertz CT molecular complexity index is 364. The zero-order valence-corrected chi connectivity index (χ0v) is 10.0. The first-order valence-electron chi connectivity index (χ1n) is 4.86. The Kier molecular flexibility index (Phi) is 4.53. The van der Waals surface area contributed by atoms with Crippen molar-refractivity contribution in [3.8, 4) is 0 Å². The molecule has 0 radical (unpaired) electrons. The molecular weight excluding hydrogens is 253 g/mol. The molecule has 1 heterocycles. The number of rotatable bonds is 5. The van der Waals surface area contributed by atoms with E-state index in [4.69, 9.17) is 10.2 Å². The first kappa shape index (κ1) is 14.0. The van der Waals surface area contributed by atoms with Crippen LogP contribution in [0, 0.1) is 5.92 Å². The van der Waals surface area contributed by atoms with Gasteiger partial charge in [-0.1, -0.05) is 12.2 Å². The van der Waals surface area contributed by atoms with Crippen molar-refractivity contribution in [1.29, 1.82) is 0 Å². The molecule has 17 heavy (non-hydrogen) atoms. The minimum Gasteiger partial charge on any atom is -0.472 e. The normalized spacial score (nSPS) is 13.9. The average molecular weight is 266 g/mol. The minimum absolute atomic E-state index is 0.260. The van der Waals surface area contributed by atoms with Crippen molar-refractivity contribution in [2.45, 2.75) is 12.7 Å². The van der Waals surface area contributed by atoms with Crippen LogP contribution in [0.4, 0.5) is 13.2 Å². The van der Waals surface area contributed by atoms with Gasteiger partial charge in [0.25, 0.3) is 0 Å². The van der Waals surface area contributed by atoms with Crippen molar-refractivity contribution < 1.29 is 17.6 Å². The van der Waals surface area contributed by atoms with Crippen molar-refractivity contribution in [2.75, 3.05) is 13.6 Å². The van der Waals surface area contributed by atoms with Gasteiger partial charge >= 0.3 is 6.18 Å². The molecule has 0 aliphatic rings. The highest BCUT2D eigenvalue weighted by molar-refractivity contribution is 7.80. The Morgan fingerprint density at radius 1 is 1.59 bits per heavy atom. The molecule has 0 fully saturated rings. The lowest BCUT2D eigenvalue weighted by Crippen LogP contribution is -2.42. The highest BCUT2D eigenvalue weighted by Crippen LogP contribution is 2.27. The van der Waals surface area contributed by atoms with E-state index in [1.807, 2.05) is 0 Å². The van der Waals surface area contributed by atoms with Crippen LogP contribution < -0.4 is 5.73 Å². The average Bonchev–Trinajstić information content (AvgIpc) is 2.64. The second-order valence-corrected chi connectivity index (χ2v) is 4.30. The maximum atomic E-state index is 12.6. The molecule has 0 aliphatic carbocycles. The fourth-order valence-corrected chi connectivity index (χ4v) is 1.63. The van der Waals surface area contributed by atoms with Gasteiger partial charge in [-0.2, -0.15) is 13.2 Å². The molecule has 0 amide bonds. The van der Waals surface area contributed by atoms with E-state index in [9.17, 15) is 13.2 Å². The van der Waals surface area contributed by atoms with Crippen molar-refractivity contribution in [3.05, 3.63) is 24.2 Å². The van der Waals surface area contributed by atoms with Gasteiger partial charge in [-0.3, -0.25) is 0 Å². The van der Waals surface area contributed by atoms with Gasteiger partial charge in [0, 0.05) is 18.7 Å². The lowest BCUT2D eigenvalue weighted by Gasteiger charge is -2.24. The monoisotopic (exact) mass is 266 g/mol. The topological polar surface area (TPSA) is 42.4 Å². The maximum Gasteiger partial charge on any atom is 0.399 e. The predicted molar refractivity (Wildman–Crippen MR) is 61.4 cm³/mol. The third kappa shape index (κ3) is 4.35. The number of hydrogen-bond donors (Lipinski definition) is 1. The number of halogens is 3. The van der Waals surface area contributed by atoms with E-state index in [0.717, 1.165) is 5.56 Å². The molecule has 1 aromatic heterocycles. The van der Waals surface area contributed by atoms with E-state index in [-0.39, 0.29) is 6.54 Å². The van der Waals surface area contributed by atoms with Gasteiger partial charge in [0.05, 0.1) is 17.5 Å². The van der Waals surface area contributed by atoms with Crippen LogP contribution in [0.15, 0.2) is 23.0 Å². The van der Waals surface area contributed by atoms with Crippen LogP contribution in [0.2, 0.25) is 0 Å².